The summed E-state index contributed by atoms with van der Waals surface area (Å²) in [4.78, 5) is 16.8. The zero-order chi connectivity index (χ0) is 17.7. The molecule has 1 saturated heterocycles. The summed E-state index contributed by atoms with van der Waals surface area (Å²) in [6.45, 7) is 1.52. The Labute approximate surface area is 149 Å². The van der Waals surface area contributed by atoms with E-state index >= 15 is 0 Å². The molecule has 0 bridgehead atoms. The molecule has 0 aromatic carbocycles. The Kier molecular flexibility index (Phi) is 3.18. The second-order valence-corrected chi connectivity index (χ2v) is 6.56. The largest absolute Gasteiger partial charge is 0.351 e. The highest BCUT2D eigenvalue weighted by atomic mass is 16.2. The van der Waals surface area contributed by atoms with Crippen LogP contribution in [0.2, 0.25) is 0 Å². The number of aromatic nitrogens is 5. The Hall–Kier alpha value is -3.42. The van der Waals surface area contributed by atoms with Gasteiger partial charge in [-0.1, -0.05) is 6.07 Å². The number of carbonyl (C=O) groups excluding carboxylic acids is 1. The summed E-state index contributed by atoms with van der Waals surface area (Å²) in [5, 5.41) is 12.3. The Morgan fingerprint density at radius 3 is 2.96 bits per heavy atom. The minimum Gasteiger partial charge on any atom is -0.351 e. The van der Waals surface area contributed by atoms with Gasteiger partial charge >= 0.3 is 0 Å². The van der Waals surface area contributed by atoms with Crippen molar-refractivity contribution in [1.29, 1.82) is 0 Å². The molecule has 26 heavy (non-hydrogen) atoms. The van der Waals surface area contributed by atoms with Crippen molar-refractivity contribution in [2.24, 2.45) is 0 Å². The van der Waals surface area contributed by atoms with E-state index in [9.17, 15) is 4.79 Å². The Morgan fingerprint density at radius 2 is 2.12 bits per heavy atom. The molecule has 0 unspecified atom stereocenters. The molecule has 1 fully saturated rings. The van der Waals surface area contributed by atoms with E-state index in [0.29, 0.717) is 5.56 Å². The highest BCUT2D eigenvalue weighted by Gasteiger charge is 2.34. The molecule has 1 aliphatic heterocycles. The van der Waals surface area contributed by atoms with Crippen LogP contribution in [0.1, 0.15) is 10.4 Å². The van der Waals surface area contributed by atoms with Crippen LogP contribution in [0.15, 0.2) is 55.1 Å². The average Bonchev–Trinajstić information content (AvgIpc) is 3.25. The first kappa shape index (κ1) is 14.9. The van der Waals surface area contributed by atoms with Gasteiger partial charge in [-0.05, 0) is 30.3 Å². The standard InChI is InChI=1S/C18H17N7O/c1-22(18(26)13-8-14-4-2-3-7-23(14)9-13)15-10-24(11-15)17-6-5-16-20-19-12-25(16)21-17/h2-9,12,15H,10-11H2,1H3. The van der Waals surface area contributed by atoms with Gasteiger partial charge in [-0.25, -0.2) is 0 Å². The third-order valence-electron chi connectivity index (χ3n) is 4.95. The maximum Gasteiger partial charge on any atom is 0.255 e. The fourth-order valence-electron chi connectivity index (χ4n) is 3.32. The van der Waals surface area contributed by atoms with Gasteiger partial charge in [-0.3, -0.25) is 4.79 Å². The monoisotopic (exact) mass is 347 g/mol. The van der Waals surface area contributed by atoms with Crippen molar-refractivity contribution in [2.45, 2.75) is 6.04 Å². The molecule has 5 rings (SSSR count). The number of likely N-dealkylation sites (N-methyl/N-ethyl adjacent to an activating group) is 1. The summed E-state index contributed by atoms with van der Waals surface area (Å²) in [5.74, 6) is 0.907. The SMILES string of the molecule is CN(C(=O)c1cc2ccccn2c1)C1CN(c2ccc3nncn3n2)C1. The summed E-state index contributed by atoms with van der Waals surface area (Å²) >= 11 is 0. The number of rotatable bonds is 3. The lowest BCUT2D eigenvalue weighted by molar-refractivity contribution is 0.0705. The van der Waals surface area contributed by atoms with Crippen LogP contribution in [0.25, 0.3) is 11.2 Å². The lowest BCUT2D eigenvalue weighted by Gasteiger charge is -2.44. The van der Waals surface area contributed by atoms with Crippen molar-refractivity contribution in [1.82, 2.24) is 29.1 Å². The molecule has 4 aromatic rings. The summed E-state index contributed by atoms with van der Waals surface area (Å²) < 4.78 is 3.62. The molecule has 130 valence electrons. The molecule has 1 aliphatic rings. The van der Waals surface area contributed by atoms with Gasteiger partial charge in [0.15, 0.2) is 5.65 Å². The second kappa shape index (κ2) is 5.55. The van der Waals surface area contributed by atoms with E-state index in [0.717, 1.165) is 30.1 Å². The number of anilines is 1. The normalized spacial score (nSPS) is 14.7. The van der Waals surface area contributed by atoms with Gasteiger partial charge in [0, 0.05) is 38.0 Å². The molecule has 8 nitrogen and oxygen atoms in total. The lowest BCUT2D eigenvalue weighted by Crippen LogP contribution is -2.60. The molecule has 8 heteroatoms. The molecule has 1 amide bonds. The average molecular weight is 347 g/mol. The van der Waals surface area contributed by atoms with Crippen molar-refractivity contribution in [2.75, 3.05) is 25.0 Å². The van der Waals surface area contributed by atoms with Crippen molar-refractivity contribution < 1.29 is 4.79 Å². The van der Waals surface area contributed by atoms with Crippen LogP contribution in [0.4, 0.5) is 5.82 Å². The summed E-state index contributed by atoms with van der Waals surface area (Å²) in [6, 6.07) is 11.8. The van der Waals surface area contributed by atoms with E-state index in [1.54, 1.807) is 10.8 Å². The van der Waals surface area contributed by atoms with Gasteiger partial charge in [-0.2, -0.15) is 4.52 Å². The molecule has 0 aliphatic carbocycles. The number of nitrogens with zero attached hydrogens (tertiary/aromatic N) is 7. The van der Waals surface area contributed by atoms with Crippen LogP contribution in [0.5, 0.6) is 0 Å². The molecule has 0 saturated carbocycles. The number of hydrogen-bond donors (Lipinski definition) is 0. The first-order chi connectivity index (χ1) is 12.7. The van der Waals surface area contributed by atoms with Gasteiger partial charge in [0.1, 0.15) is 12.1 Å². The number of amides is 1. The quantitative estimate of drug-likeness (QED) is 0.559. The van der Waals surface area contributed by atoms with E-state index in [1.165, 1.54) is 0 Å². The molecule has 0 N–H and O–H groups in total. The van der Waals surface area contributed by atoms with Gasteiger partial charge in [0.05, 0.1) is 11.6 Å². The Morgan fingerprint density at radius 1 is 1.23 bits per heavy atom. The second-order valence-electron chi connectivity index (χ2n) is 6.56. The third kappa shape index (κ3) is 2.30. The summed E-state index contributed by atoms with van der Waals surface area (Å²) in [6.07, 6.45) is 5.42. The lowest BCUT2D eigenvalue weighted by atomic mass is 10.1. The van der Waals surface area contributed by atoms with Crippen molar-refractivity contribution in [3.63, 3.8) is 0 Å². The number of pyridine rings is 1. The molecule has 0 atom stereocenters. The Balaban J connectivity index is 1.29. The van der Waals surface area contributed by atoms with E-state index in [4.69, 9.17) is 0 Å². The third-order valence-corrected chi connectivity index (χ3v) is 4.95. The number of fused-ring (bicyclic) bond motifs is 2. The zero-order valence-corrected chi connectivity index (χ0v) is 14.2. The maximum absolute atomic E-state index is 12.8. The minimum atomic E-state index is 0.0422. The molecular formula is C18H17N7O. The van der Waals surface area contributed by atoms with Crippen LogP contribution in [-0.2, 0) is 0 Å². The van der Waals surface area contributed by atoms with Crippen LogP contribution in [-0.4, -0.2) is 61.2 Å². The molecule has 0 radical (unpaired) electrons. The smallest absolute Gasteiger partial charge is 0.255 e. The topological polar surface area (TPSA) is 71.0 Å². The van der Waals surface area contributed by atoms with Crippen LogP contribution in [0.3, 0.4) is 0 Å². The van der Waals surface area contributed by atoms with Crippen molar-refractivity contribution >= 4 is 22.9 Å². The molecular weight excluding hydrogens is 330 g/mol. The van der Waals surface area contributed by atoms with Gasteiger partial charge in [0.25, 0.3) is 5.91 Å². The molecule has 4 aromatic heterocycles. The highest BCUT2D eigenvalue weighted by Crippen LogP contribution is 2.23. The predicted molar refractivity (Wildman–Crippen MR) is 96.3 cm³/mol. The summed E-state index contributed by atoms with van der Waals surface area (Å²) in [7, 11) is 1.86. The first-order valence-electron chi connectivity index (χ1n) is 8.45. The Bertz CT molecular complexity index is 1080. The summed E-state index contributed by atoms with van der Waals surface area (Å²) in [5.41, 5.74) is 2.45. The maximum atomic E-state index is 12.8. The predicted octanol–water partition coefficient (Wildman–Crippen LogP) is 1.34. The van der Waals surface area contributed by atoms with Gasteiger partial charge in [-0.15, -0.1) is 15.3 Å². The van der Waals surface area contributed by atoms with Crippen molar-refractivity contribution in [3.8, 4) is 0 Å². The van der Waals surface area contributed by atoms with E-state index < -0.39 is 0 Å². The van der Waals surface area contributed by atoms with E-state index in [2.05, 4.69) is 20.2 Å². The first-order valence-corrected chi connectivity index (χ1v) is 8.45. The number of hydrogen-bond acceptors (Lipinski definition) is 5. The fraction of sp³-hybridized carbons (Fsp3) is 0.222. The zero-order valence-electron chi connectivity index (χ0n) is 14.2. The molecule has 5 heterocycles. The van der Waals surface area contributed by atoms with Crippen LogP contribution in [0, 0.1) is 0 Å². The number of carbonyl (C=O) groups is 1. The van der Waals surface area contributed by atoms with Crippen LogP contribution < -0.4 is 4.90 Å². The fourth-order valence-corrected chi connectivity index (χ4v) is 3.32. The molecule has 0 spiro atoms. The van der Waals surface area contributed by atoms with Gasteiger partial charge < -0.3 is 14.2 Å². The van der Waals surface area contributed by atoms with Gasteiger partial charge in [0.2, 0.25) is 0 Å². The van der Waals surface area contributed by atoms with Crippen molar-refractivity contribution in [3.05, 3.63) is 60.7 Å². The van der Waals surface area contributed by atoms with Crippen LogP contribution >= 0.6 is 0 Å². The van der Waals surface area contributed by atoms with E-state index in [1.807, 2.05) is 65.1 Å². The highest BCUT2D eigenvalue weighted by molar-refractivity contribution is 5.95. The van der Waals surface area contributed by atoms with E-state index in [-0.39, 0.29) is 11.9 Å². The minimum absolute atomic E-state index is 0.0422.